The Hall–Kier alpha value is -3.57. The minimum atomic E-state index is -0.400. The normalized spacial score (nSPS) is 15.5. The second-order valence-electron chi connectivity index (χ2n) is 7.81. The second kappa shape index (κ2) is 9.71. The molecule has 1 fully saturated rings. The van der Waals surface area contributed by atoms with Crippen LogP contribution >= 0.6 is 11.3 Å². The van der Waals surface area contributed by atoms with E-state index in [4.69, 9.17) is 15.4 Å². The molecule has 8 heteroatoms. The van der Waals surface area contributed by atoms with Crippen LogP contribution in [0.5, 0.6) is 0 Å². The van der Waals surface area contributed by atoms with Crippen molar-refractivity contribution in [3.05, 3.63) is 80.0 Å². The van der Waals surface area contributed by atoms with Gasteiger partial charge < -0.3 is 0 Å². The molecule has 0 saturated heterocycles. The Kier molecular flexibility index (Phi) is 6.57. The highest BCUT2D eigenvalue weighted by molar-refractivity contribution is 7.07. The summed E-state index contributed by atoms with van der Waals surface area (Å²) in [5.41, 5.74) is 4.05. The Morgan fingerprint density at radius 3 is 2.44 bits per heavy atom. The molecule has 1 aliphatic carbocycles. The van der Waals surface area contributed by atoms with Crippen molar-refractivity contribution in [1.82, 2.24) is 4.68 Å². The van der Waals surface area contributed by atoms with Crippen LogP contribution in [-0.2, 0) is 0 Å². The number of nitriles is 1. The van der Waals surface area contributed by atoms with E-state index in [1.54, 1.807) is 24.3 Å². The summed E-state index contributed by atoms with van der Waals surface area (Å²) in [7, 11) is 0. The Labute approximate surface area is 190 Å². The third-order valence-corrected chi connectivity index (χ3v) is 6.44. The molecule has 32 heavy (non-hydrogen) atoms. The number of nitro groups is 1. The van der Waals surface area contributed by atoms with Crippen LogP contribution < -0.4 is 4.80 Å². The van der Waals surface area contributed by atoms with Gasteiger partial charge in [-0.25, -0.2) is 4.68 Å². The van der Waals surface area contributed by atoms with Crippen molar-refractivity contribution in [3.8, 4) is 17.3 Å². The number of rotatable bonds is 5. The first-order valence-corrected chi connectivity index (χ1v) is 11.5. The number of non-ortho nitro benzene ring substituents is 1. The van der Waals surface area contributed by atoms with Gasteiger partial charge in [0.05, 0.1) is 34.0 Å². The third kappa shape index (κ3) is 4.84. The van der Waals surface area contributed by atoms with Crippen LogP contribution in [0.3, 0.4) is 0 Å². The molecule has 7 nitrogen and oxygen atoms in total. The molecule has 0 spiro atoms. The Morgan fingerprint density at radius 2 is 1.81 bits per heavy atom. The van der Waals surface area contributed by atoms with Gasteiger partial charge in [-0.3, -0.25) is 15.1 Å². The molecule has 0 amide bonds. The lowest BCUT2D eigenvalue weighted by atomic mass is 9.96. The highest BCUT2D eigenvalue weighted by Gasteiger charge is 2.15. The highest BCUT2D eigenvalue weighted by atomic mass is 32.1. The van der Waals surface area contributed by atoms with Crippen molar-refractivity contribution in [3.63, 3.8) is 0 Å². The summed E-state index contributed by atoms with van der Waals surface area (Å²) in [6.45, 7) is 1.93. The van der Waals surface area contributed by atoms with Gasteiger partial charge in [-0.1, -0.05) is 31.4 Å². The zero-order valence-electron chi connectivity index (χ0n) is 17.8. The fraction of sp³-hybridized carbons (Fsp3) is 0.292. The average Bonchev–Trinajstić information content (AvgIpc) is 3.21. The molecule has 1 aliphatic rings. The van der Waals surface area contributed by atoms with Crippen molar-refractivity contribution >= 4 is 22.7 Å². The average molecular weight is 446 g/mol. The minimum Gasteiger partial charge on any atom is -0.258 e. The van der Waals surface area contributed by atoms with Gasteiger partial charge in [0.15, 0.2) is 0 Å². The fourth-order valence-electron chi connectivity index (χ4n) is 3.80. The quantitative estimate of drug-likeness (QED) is 0.294. The van der Waals surface area contributed by atoms with E-state index in [0.29, 0.717) is 11.6 Å². The summed E-state index contributed by atoms with van der Waals surface area (Å²) in [6, 6.07) is 16.2. The molecule has 0 N–H and O–H groups in total. The van der Waals surface area contributed by atoms with E-state index in [-0.39, 0.29) is 5.69 Å². The maximum atomic E-state index is 11.0. The van der Waals surface area contributed by atoms with Gasteiger partial charge in [0.2, 0.25) is 4.80 Å². The van der Waals surface area contributed by atoms with Gasteiger partial charge in [0.25, 0.3) is 5.69 Å². The Bertz CT molecular complexity index is 1240. The predicted molar refractivity (Wildman–Crippen MR) is 126 cm³/mol. The smallest absolute Gasteiger partial charge is 0.258 e. The van der Waals surface area contributed by atoms with Gasteiger partial charge in [0.1, 0.15) is 0 Å². The van der Waals surface area contributed by atoms with Crippen LogP contribution in [0.25, 0.3) is 11.3 Å². The molecule has 0 bridgehead atoms. The SMILES string of the molecule is C/C(=N\n1c(-c2ccc([N+](=O)[O-])cc2)csc1=NC1CCCCC1)c1ccc(C#N)cc1. The van der Waals surface area contributed by atoms with Crippen LogP contribution in [-0.4, -0.2) is 21.4 Å². The molecule has 1 aromatic heterocycles. The van der Waals surface area contributed by atoms with Crippen LogP contribution in [0.1, 0.15) is 50.2 Å². The molecule has 2 aromatic carbocycles. The van der Waals surface area contributed by atoms with Gasteiger partial charge in [0, 0.05) is 23.1 Å². The Balaban J connectivity index is 1.79. The van der Waals surface area contributed by atoms with E-state index in [1.807, 2.05) is 29.1 Å². The van der Waals surface area contributed by atoms with E-state index in [9.17, 15) is 10.1 Å². The number of aromatic nitrogens is 1. The second-order valence-corrected chi connectivity index (χ2v) is 8.65. The van der Waals surface area contributed by atoms with Crippen LogP contribution in [0.2, 0.25) is 0 Å². The van der Waals surface area contributed by atoms with Crippen molar-refractivity contribution in [2.45, 2.75) is 45.1 Å². The number of hydrogen-bond acceptors (Lipinski definition) is 6. The lowest BCUT2D eigenvalue weighted by Gasteiger charge is -2.17. The van der Waals surface area contributed by atoms with Gasteiger partial charge in [-0.2, -0.15) is 10.4 Å². The summed E-state index contributed by atoms with van der Waals surface area (Å²) in [5.74, 6) is 0. The van der Waals surface area contributed by atoms with Crippen molar-refractivity contribution in [1.29, 1.82) is 5.26 Å². The molecule has 1 saturated carbocycles. The van der Waals surface area contributed by atoms with Crippen LogP contribution in [0.4, 0.5) is 5.69 Å². The number of nitro benzene ring substituents is 1. The maximum Gasteiger partial charge on any atom is 0.269 e. The monoisotopic (exact) mass is 445 g/mol. The summed E-state index contributed by atoms with van der Waals surface area (Å²) in [4.78, 5) is 16.5. The van der Waals surface area contributed by atoms with E-state index >= 15 is 0 Å². The molecule has 0 radical (unpaired) electrons. The topological polar surface area (TPSA) is 96.6 Å². The molecule has 4 rings (SSSR count). The lowest BCUT2D eigenvalue weighted by Crippen LogP contribution is -2.19. The molecule has 0 atom stereocenters. The molecule has 0 aliphatic heterocycles. The molecule has 3 aromatic rings. The first kappa shape index (κ1) is 21.7. The number of thiazole rings is 1. The lowest BCUT2D eigenvalue weighted by molar-refractivity contribution is -0.384. The first-order valence-electron chi connectivity index (χ1n) is 10.6. The zero-order chi connectivity index (χ0) is 22.5. The maximum absolute atomic E-state index is 11.0. The third-order valence-electron chi connectivity index (χ3n) is 5.61. The van der Waals surface area contributed by atoms with Crippen molar-refractivity contribution in [2.75, 3.05) is 0 Å². The standard InChI is InChI=1S/C24H23N5O2S/c1-17(19-9-7-18(15-25)8-10-19)27-28-23(20-11-13-22(14-12-20)29(30)31)16-32-24(28)26-21-5-3-2-4-6-21/h7-14,16,21H,2-6H2,1H3/b26-24?,27-17+. The van der Waals surface area contributed by atoms with Gasteiger partial charge >= 0.3 is 0 Å². The van der Waals surface area contributed by atoms with E-state index in [2.05, 4.69) is 6.07 Å². The van der Waals surface area contributed by atoms with Crippen LogP contribution in [0.15, 0.2) is 64.0 Å². The largest absolute Gasteiger partial charge is 0.269 e. The minimum absolute atomic E-state index is 0.0555. The molecule has 1 heterocycles. The van der Waals surface area contributed by atoms with Crippen molar-refractivity contribution < 1.29 is 4.92 Å². The summed E-state index contributed by atoms with van der Waals surface area (Å²) < 4.78 is 1.84. The Morgan fingerprint density at radius 1 is 1.12 bits per heavy atom. The summed E-state index contributed by atoms with van der Waals surface area (Å²) in [6.07, 6.45) is 5.83. The van der Waals surface area contributed by atoms with E-state index in [1.165, 1.54) is 42.7 Å². The molecule has 162 valence electrons. The highest BCUT2D eigenvalue weighted by Crippen LogP contribution is 2.25. The van der Waals surface area contributed by atoms with E-state index in [0.717, 1.165) is 40.2 Å². The number of benzene rings is 2. The van der Waals surface area contributed by atoms with E-state index < -0.39 is 4.92 Å². The van der Waals surface area contributed by atoms with Crippen LogP contribution in [0, 0.1) is 21.4 Å². The first-order chi connectivity index (χ1) is 15.5. The fourth-order valence-corrected chi connectivity index (χ4v) is 4.70. The predicted octanol–water partition coefficient (Wildman–Crippen LogP) is 5.50. The summed E-state index contributed by atoms with van der Waals surface area (Å²) in [5, 5.41) is 27.0. The number of nitrogens with zero attached hydrogens (tertiary/aromatic N) is 5. The zero-order valence-corrected chi connectivity index (χ0v) is 18.6. The number of hydrogen-bond donors (Lipinski definition) is 0. The van der Waals surface area contributed by atoms with Gasteiger partial charge in [-0.05, 0) is 49.6 Å². The molecular weight excluding hydrogens is 422 g/mol. The molecular formula is C24H23N5O2S. The molecule has 0 unspecified atom stereocenters. The van der Waals surface area contributed by atoms with Gasteiger partial charge in [-0.15, -0.1) is 11.3 Å². The van der Waals surface area contributed by atoms with Crippen molar-refractivity contribution in [2.24, 2.45) is 10.1 Å². The summed E-state index contributed by atoms with van der Waals surface area (Å²) >= 11 is 1.53.